The minimum atomic E-state index is -0.266. The Morgan fingerprint density at radius 1 is 1.27 bits per heavy atom. The maximum absolute atomic E-state index is 13.5. The lowest BCUT2D eigenvalue weighted by molar-refractivity contribution is 0.0952. The van der Waals surface area contributed by atoms with Crippen LogP contribution >= 0.6 is 11.3 Å². The van der Waals surface area contributed by atoms with Gasteiger partial charge in [0.25, 0.3) is 5.91 Å². The number of para-hydroxylation sites is 1. The van der Waals surface area contributed by atoms with E-state index >= 15 is 0 Å². The Bertz CT molecular complexity index is 938. The van der Waals surface area contributed by atoms with Crippen LogP contribution in [-0.4, -0.2) is 25.5 Å². The lowest BCUT2D eigenvalue weighted by Crippen LogP contribution is -2.30. The van der Waals surface area contributed by atoms with Gasteiger partial charge >= 0.3 is 0 Å². The SMILES string of the molecule is Cc1c(C(=O)NCC2CCN(c3ccccc3)C2)sc2ccc(F)cc12. The highest BCUT2D eigenvalue weighted by Gasteiger charge is 2.24. The Labute approximate surface area is 156 Å². The van der Waals surface area contributed by atoms with E-state index in [0.29, 0.717) is 17.3 Å². The molecule has 1 fully saturated rings. The first-order valence-corrected chi connectivity index (χ1v) is 9.70. The fourth-order valence-electron chi connectivity index (χ4n) is 3.60. The predicted octanol–water partition coefficient (Wildman–Crippen LogP) is 4.61. The number of amides is 1. The third kappa shape index (κ3) is 3.31. The molecule has 134 valence electrons. The van der Waals surface area contributed by atoms with E-state index in [1.165, 1.54) is 29.2 Å². The van der Waals surface area contributed by atoms with Crippen molar-refractivity contribution in [3.8, 4) is 0 Å². The Kier molecular flexibility index (Phi) is 4.64. The van der Waals surface area contributed by atoms with Gasteiger partial charge in [0, 0.05) is 30.0 Å². The first-order valence-electron chi connectivity index (χ1n) is 8.88. The number of carbonyl (C=O) groups is 1. The standard InChI is InChI=1S/C21H21FN2OS/c1-14-18-11-16(22)7-8-19(18)26-20(14)21(25)23-12-15-9-10-24(13-15)17-5-3-2-4-6-17/h2-8,11,15H,9-10,12-13H2,1H3,(H,23,25). The molecule has 0 bridgehead atoms. The highest BCUT2D eigenvalue weighted by atomic mass is 32.1. The smallest absolute Gasteiger partial charge is 0.261 e. The number of anilines is 1. The number of hydrogen-bond acceptors (Lipinski definition) is 3. The van der Waals surface area contributed by atoms with Crippen molar-refractivity contribution in [2.24, 2.45) is 5.92 Å². The molecular weight excluding hydrogens is 347 g/mol. The molecule has 0 aliphatic carbocycles. The average molecular weight is 368 g/mol. The number of nitrogens with one attached hydrogen (secondary N) is 1. The zero-order chi connectivity index (χ0) is 18.1. The summed E-state index contributed by atoms with van der Waals surface area (Å²) in [5, 5.41) is 3.91. The number of thiophene rings is 1. The lowest BCUT2D eigenvalue weighted by Gasteiger charge is -2.18. The number of nitrogens with zero attached hydrogens (tertiary/aromatic N) is 1. The van der Waals surface area contributed by atoms with E-state index in [1.807, 2.05) is 13.0 Å². The van der Waals surface area contributed by atoms with Crippen LogP contribution in [0.2, 0.25) is 0 Å². The van der Waals surface area contributed by atoms with Crippen LogP contribution in [0.25, 0.3) is 10.1 Å². The van der Waals surface area contributed by atoms with Gasteiger partial charge in [-0.25, -0.2) is 4.39 Å². The van der Waals surface area contributed by atoms with Crippen molar-refractivity contribution in [3.05, 3.63) is 64.8 Å². The topological polar surface area (TPSA) is 32.3 Å². The molecule has 0 spiro atoms. The van der Waals surface area contributed by atoms with Gasteiger partial charge in [-0.15, -0.1) is 11.3 Å². The highest BCUT2D eigenvalue weighted by molar-refractivity contribution is 7.21. The quantitative estimate of drug-likeness (QED) is 0.730. The number of benzene rings is 2. The van der Waals surface area contributed by atoms with Crippen LogP contribution in [0.15, 0.2) is 48.5 Å². The summed E-state index contributed by atoms with van der Waals surface area (Å²) >= 11 is 1.43. The van der Waals surface area contributed by atoms with Crippen molar-refractivity contribution in [2.45, 2.75) is 13.3 Å². The summed E-state index contributed by atoms with van der Waals surface area (Å²) in [4.78, 5) is 15.7. The van der Waals surface area contributed by atoms with Gasteiger partial charge in [0.05, 0.1) is 4.88 Å². The second-order valence-electron chi connectivity index (χ2n) is 6.84. The van der Waals surface area contributed by atoms with Crippen LogP contribution in [0, 0.1) is 18.7 Å². The summed E-state index contributed by atoms with van der Waals surface area (Å²) in [5.74, 6) is 0.130. The molecule has 0 radical (unpaired) electrons. The molecule has 1 amide bonds. The Balaban J connectivity index is 1.40. The molecule has 4 rings (SSSR count). The van der Waals surface area contributed by atoms with Crippen LogP contribution in [0.1, 0.15) is 21.7 Å². The number of halogens is 1. The van der Waals surface area contributed by atoms with Crippen LogP contribution < -0.4 is 10.2 Å². The first-order chi connectivity index (χ1) is 12.6. The highest BCUT2D eigenvalue weighted by Crippen LogP contribution is 2.31. The number of aryl methyl sites for hydroxylation is 1. The van der Waals surface area contributed by atoms with E-state index in [1.54, 1.807) is 6.07 Å². The zero-order valence-corrected chi connectivity index (χ0v) is 15.5. The molecule has 26 heavy (non-hydrogen) atoms. The Hall–Kier alpha value is -2.40. The van der Waals surface area contributed by atoms with E-state index in [-0.39, 0.29) is 11.7 Å². The van der Waals surface area contributed by atoms with Crippen molar-refractivity contribution in [3.63, 3.8) is 0 Å². The summed E-state index contributed by atoms with van der Waals surface area (Å²) in [7, 11) is 0. The van der Waals surface area contributed by atoms with Crippen molar-refractivity contribution in [1.82, 2.24) is 5.32 Å². The number of rotatable bonds is 4. The summed E-state index contributed by atoms with van der Waals surface area (Å²) in [6.07, 6.45) is 1.08. The number of carbonyl (C=O) groups excluding carboxylic acids is 1. The van der Waals surface area contributed by atoms with Gasteiger partial charge in [-0.2, -0.15) is 0 Å². The minimum absolute atomic E-state index is 0.0535. The summed E-state index contributed by atoms with van der Waals surface area (Å²) in [6.45, 7) is 4.54. The summed E-state index contributed by atoms with van der Waals surface area (Å²) < 4.78 is 14.4. The maximum atomic E-state index is 13.5. The second-order valence-corrected chi connectivity index (χ2v) is 7.90. The normalized spacial score (nSPS) is 17.0. The number of hydrogen-bond donors (Lipinski definition) is 1. The molecule has 5 heteroatoms. The lowest BCUT2D eigenvalue weighted by atomic mass is 10.1. The van der Waals surface area contributed by atoms with E-state index in [9.17, 15) is 9.18 Å². The molecule has 1 N–H and O–H groups in total. The summed E-state index contributed by atoms with van der Waals surface area (Å²) in [5.41, 5.74) is 2.10. The molecule has 2 heterocycles. The van der Waals surface area contributed by atoms with Gasteiger partial charge in [0.15, 0.2) is 0 Å². The molecular formula is C21H21FN2OS. The zero-order valence-electron chi connectivity index (χ0n) is 14.7. The number of fused-ring (bicyclic) bond motifs is 1. The minimum Gasteiger partial charge on any atom is -0.371 e. The van der Waals surface area contributed by atoms with Crippen molar-refractivity contribution in [1.29, 1.82) is 0 Å². The fraction of sp³-hybridized carbons (Fsp3) is 0.286. The van der Waals surface area contributed by atoms with Gasteiger partial charge in [-0.05, 0) is 60.5 Å². The molecule has 3 aromatic rings. The van der Waals surface area contributed by atoms with Gasteiger partial charge in [0.2, 0.25) is 0 Å². The third-order valence-corrected chi connectivity index (χ3v) is 6.33. The van der Waals surface area contributed by atoms with Crippen LogP contribution in [-0.2, 0) is 0 Å². The monoisotopic (exact) mass is 368 g/mol. The molecule has 1 aliphatic rings. The van der Waals surface area contributed by atoms with Gasteiger partial charge in [-0.1, -0.05) is 18.2 Å². The largest absolute Gasteiger partial charge is 0.371 e. The molecule has 1 aromatic heterocycles. The van der Waals surface area contributed by atoms with Gasteiger partial charge in [-0.3, -0.25) is 4.79 Å². The fourth-order valence-corrected chi connectivity index (χ4v) is 4.71. The van der Waals surface area contributed by atoms with Crippen LogP contribution in [0.5, 0.6) is 0 Å². The molecule has 2 aromatic carbocycles. The van der Waals surface area contributed by atoms with E-state index in [2.05, 4.69) is 34.5 Å². The molecule has 1 aliphatic heterocycles. The summed E-state index contributed by atoms with van der Waals surface area (Å²) in [6, 6.07) is 15.1. The van der Waals surface area contributed by atoms with Crippen molar-refractivity contribution < 1.29 is 9.18 Å². The molecule has 1 saturated heterocycles. The van der Waals surface area contributed by atoms with Crippen molar-refractivity contribution in [2.75, 3.05) is 24.5 Å². The molecule has 1 atom stereocenters. The average Bonchev–Trinajstić information content (AvgIpc) is 3.26. The third-order valence-electron chi connectivity index (χ3n) is 5.06. The maximum Gasteiger partial charge on any atom is 0.261 e. The predicted molar refractivity (Wildman–Crippen MR) is 106 cm³/mol. The Morgan fingerprint density at radius 3 is 2.88 bits per heavy atom. The van der Waals surface area contributed by atoms with Gasteiger partial charge in [0.1, 0.15) is 5.82 Å². The first kappa shape index (κ1) is 17.0. The molecule has 3 nitrogen and oxygen atoms in total. The second kappa shape index (κ2) is 7.08. The van der Waals surface area contributed by atoms with E-state index in [0.717, 1.165) is 35.2 Å². The van der Waals surface area contributed by atoms with E-state index in [4.69, 9.17) is 0 Å². The Morgan fingerprint density at radius 2 is 2.08 bits per heavy atom. The molecule has 1 unspecified atom stereocenters. The van der Waals surface area contributed by atoms with Gasteiger partial charge < -0.3 is 10.2 Å². The van der Waals surface area contributed by atoms with Crippen LogP contribution in [0.4, 0.5) is 10.1 Å². The van der Waals surface area contributed by atoms with Crippen molar-refractivity contribution >= 4 is 33.0 Å². The van der Waals surface area contributed by atoms with E-state index < -0.39 is 0 Å². The molecule has 0 saturated carbocycles. The van der Waals surface area contributed by atoms with Crippen LogP contribution in [0.3, 0.4) is 0 Å².